The molecule has 5 nitrogen and oxygen atoms in total. The first-order valence-corrected chi connectivity index (χ1v) is 13.9. The van der Waals surface area contributed by atoms with E-state index in [-0.39, 0.29) is 56.1 Å². The van der Waals surface area contributed by atoms with Crippen molar-refractivity contribution in [2.45, 2.75) is 105 Å². The summed E-state index contributed by atoms with van der Waals surface area (Å²) in [7, 11) is 0. The standard InChI is InChI=1S/C35H45NO4/c1-32(2,3)22-16-20(17-23(30(22)39)33(4,5)6)28(37)26-14-13-15-27(36-26)29(38)21-18-24(34(7,8)9)31(40)25(19-21)35(10,11)12/h13-19,39-40H,1-12H3. The molecule has 0 unspecified atom stereocenters. The molecule has 0 spiro atoms. The highest BCUT2D eigenvalue weighted by Crippen LogP contribution is 2.41. The van der Waals surface area contributed by atoms with Crippen molar-refractivity contribution in [3.8, 4) is 11.5 Å². The molecule has 1 heterocycles. The van der Waals surface area contributed by atoms with Gasteiger partial charge in [0.25, 0.3) is 0 Å². The molecule has 0 fully saturated rings. The zero-order chi connectivity index (χ0) is 30.6. The van der Waals surface area contributed by atoms with E-state index in [2.05, 4.69) is 4.98 Å². The molecule has 0 atom stereocenters. The van der Waals surface area contributed by atoms with Crippen LogP contribution in [0.1, 0.15) is 137 Å². The Bertz CT molecular complexity index is 1290. The Morgan fingerprint density at radius 2 is 0.775 bits per heavy atom. The van der Waals surface area contributed by atoms with Gasteiger partial charge in [0.15, 0.2) is 0 Å². The Hall–Kier alpha value is -3.47. The highest BCUT2D eigenvalue weighted by Gasteiger charge is 2.30. The first-order valence-electron chi connectivity index (χ1n) is 13.9. The van der Waals surface area contributed by atoms with E-state index < -0.39 is 0 Å². The van der Waals surface area contributed by atoms with Gasteiger partial charge in [0.2, 0.25) is 11.6 Å². The second-order valence-corrected chi connectivity index (χ2v) is 14.9. The van der Waals surface area contributed by atoms with Gasteiger partial charge >= 0.3 is 0 Å². The topological polar surface area (TPSA) is 87.5 Å². The largest absolute Gasteiger partial charge is 0.507 e. The molecule has 40 heavy (non-hydrogen) atoms. The van der Waals surface area contributed by atoms with Crippen LogP contribution in [0.5, 0.6) is 11.5 Å². The molecule has 2 N–H and O–H groups in total. The highest BCUT2D eigenvalue weighted by molar-refractivity contribution is 6.11. The van der Waals surface area contributed by atoms with Crippen molar-refractivity contribution in [1.82, 2.24) is 4.98 Å². The first kappa shape index (κ1) is 31.1. The normalized spacial score (nSPS) is 12.9. The summed E-state index contributed by atoms with van der Waals surface area (Å²) in [4.78, 5) is 32.0. The molecular formula is C35H45NO4. The number of carbonyl (C=O) groups is 2. The number of phenols is 2. The number of carbonyl (C=O) groups excluding carboxylic acids is 2. The van der Waals surface area contributed by atoms with Crippen LogP contribution >= 0.6 is 0 Å². The number of phenolic OH excluding ortho intramolecular Hbond substituents is 2. The van der Waals surface area contributed by atoms with Gasteiger partial charge in [-0.2, -0.15) is 0 Å². The van der Waals surface area contributed by atoms with E-state index in [1.165, 1.54) is 0 Å². The minimum atomic E-state index is -0.389. The Kier molecular flexibility index (Phi) is 7.90. The van der Waals surface area contributed by atoms with Gasteiger partial charge in [-0.1, -0.05) is 89.2 Å². The van der Waals surface area contributed by atoms with Crippen molar-refractivity contribution in [2.24, 2.45) is 0 Å². The van der Waals surface area contributed by atoms with E-state index >= 15 is 0 Å². The maximum Gasteiger partial charge on any atom is 0.211 e. The molecule has 0 aliphatic rings. The molecule has 0 aliphatic carbocycles. The van der Waals surface area contributed by atoms with E-state index in [0.717, 1.165) is 0 Å². The quantitative estimate of drug-likeness (QED) is 0.324. The second-order valence-electron chi connectivity index (χ2n) is 14.9. The fourth-order valence-corrected chi connectivity index (χ4v) is 4.80. The number of benzene rings is 2. The third-order valence-corrected chi connectivity index (χ3v) is 7.19. The van der Waals surface area contributed by atoms with Gasteiger partial charge in [-0.05, 0) is 58.1 Å². The van der Waals surface area contributed by atoms with E-state index in [1.54, 1.807) is 42.5 Å². The average molecular weight is 544 g/mol. The van der Waals surface area contributed by atoms with Gasteiger partial charge in [0.1, 0.15) is 22.9 Å². The second kappa shape index (κ2) is 10.2. The number of aromatic hydroxyl groups is 2. The number of hydrogen-bond acceptors (Lipinski definition) is 5. The summed E-state index contributed by atoms with van der Waals surface area (Å²) in [6, 6.07) is 11.8. The summed E-state index contributed by atoms with van der Waals surface area (Å²) in [5, 5.41) is 22.1. The summed E-state index contributed by atoms with van der Waals surface area (Å²) in [6.45, 7) is 23.9. The van der Waals surface area contributed by atoms with Crippen LogP contribution in [0.4, 0.5) is 0 Å². The van der Waals surface area contributed by atoms with E-state index in [1.807, 2.05) is 83.1 Å². The number of hydrogen-bond donors (Lipinski definition) is 2. The van der Waals surface area contributed by atoms with E-state index in [0.29, 0.717) is 33.4 Å². The number of rotatable bonds is 4. The van der Waals surface area contributed by atoms with Crippen LogP contribution in [0.25, 0.3) is 0 Å². The van der Waals surface area contributed by atoms with Crippen molar-refractivity contribution in [3.63, 3.8) is 0 Å². The lowest BCUT2D eigenvalue weighted by molar-refractivity contribution is 0.103. The molecule has 0 bridgehead atoms. The molecule has 3 rings (SSSR count). The minimum absolute atomic E-state index is 0.155. The van der Waals surface area contributed by atoms with Crippen LogP contribution in [0.2, 0.25) is 0 Å². The monoisotopic (exact) mass is 543 g/mol. The van der Waals surface area contributed by atoms with Crippen LogP contribution in [0.3, 0.4) is 0 Å². The molecule has 1 aromatic heterocycles. The van der Waals surface area contributed by atoms with Crippen LogP contribution in [-0.2, 0) is 21.7 Å². The van der Waals surface area contributed by atoms with Crippen LogP contribution in [0, 0.1) is 0 Å². The van der Waals surface area contributed by atoms with Gasteiger partial charge in [0, 0.05) is 33.4 Å². The van der Waals surface area contributed by atoms with Crippen LogP contribution < -0.4 is 0 Å². The lowest BCUT2D eigenvalue weighted by Gasteiger charge is -2.28. The molecule has 2 aromatic carbocycles. The SMILES string of the molecule is CC(C)(C)c1cc(C(=O)c2cccc(C(=O)c3cc(C(C)(C)C)c(O)c(C(C)(C)C)c3)n2)cc(C(C)(C)C)c1O. The smallest absolute Gasteiger partial charge is 0.211 e. The zero-order valence-corrected chi connectivity index (χ0v) is 26.2. The van der Waals surface area contributed by atoms with Crippen molar-refractivity contribution in [2.75, 3.05) is 0 Å². The predicted octanol–water partition coefficient (Wildman–Crippen LogP) is 8.14. The first-order chi connectivity index (χ1) is 18.0. The van der Waals surface area contributed by atoms with Crippen molar-refractivity contribution in [1.29, 1.82) is 0 Å². The number of ketones is 2. The highest BCUT2D eigenvalue weighted by atomic mass is 16.3. The van der Waals surface area contributed by atoms with Crippen molar-refractivity contribution < 1.29 is 19.8 Å². The summed E-state index contributed by atoms with van der Waals surface area (Å²) < 4.78 is 0. The van der Waals surface area contributed by atoms with Crippen LogP contribution in [0.15, 0.2) is 42.5 Å². The fourth-order valence-electron chi connectivity index (χ4n) is 4.80. The molecule has 0 saturated carbocycles. The minimum Gasteiger partial charge on any atom is -0.507 e. The van der Waals surface area contributed by atoms with Gasteiger partial charge in [-0.25, -0.2) is 4.98 Å². The summed E-state index contributed by atoms with van der Waals surface area (Å²) >= 11 is 0. The molecule has 0 amide bonds. The number of nitrogens with zero attached hydrogens (tertiary/aromatic N) is 1. The summed E-state index contributed by atoms with van der Waals surface area (Å²) in [5.41, 5.74) is 2.32. The Balaban J connectivity index is 2.15. The predicted molar refractivity (Wildman–Crippen MR) is 162 cm³/mol. The summed E-state index contributed by atoms with van der Waals surface area (Å²) in [6.07, 6.45) is 0. The number of pyridine rings is 1. The lowest BCUT2D eigenvalue weighted by atomic mass is 9.78. The molecular weight excluding hydrogens is 498 g/mol. The molecule has 0 radical (unpaired) electrons. The van der Waals surface area contributed by atoms with Crippen molar-refractivity contribution >= 4 is 11.6 Å². The Labute approximate surface area is 239 Å². The maximum absolute atomic E-state index is 13.8. The van der Waals surface area contributed by atoms with Gasteiger partial charge in [-0.3, -0.25) is 9.59 Å². The maximum atomic E-state index is 13.8. The zero-order valence-electron chi connectivity index (χ0n) is 26.2. The van der Waals surface area contributed by atoms with Gasteiger partial charge in [-0.15, -0.1) is 0 Å². The van der Waals surface area contributed by atoms with Gasteiger partial charge < -0.3 is 10.2 Å². The summed E-state index contributed by atoms with van der Waals surface area (Å²) in [5.74, 6) is -0.237. The number of aromatic nitrogens is 1. The third kappa shape index (κ3) is 6.29. The average Bonchev–Trinajstić information content (AvgIpc) is 2.80. The Morgan fingerprint density at radius 3 is 1.00 bits per heavy atom. The van der Waals surface area contributed by atoms with E-state index in [4.69, 9.17) is 0 Å². The molecule has 5 heteroatoms. The third-order valence-electron chi connectivity index (χ3n) is 7.19. The van der Waals surface area contributed by atoms with Crippen molar-refractivity contribution in [3.05, 3.63) is 87.2 Å². The molecule has 0 aliphatic heterocycles. The van der Waals surface area contributed by atoms with E-state index in [9.17, 15) is 19.8 Å². The molecule has 3 aromatic rings. The molecule has 214 valence electrons. The molecule has 0 saturated heterocycles. The lowest BCUT2D eigenvalue weighted by Crippen LogP contribution is -2.20. The van der Waals surface area contributed by atoms with Gasteiger partial charge in [0.05, 0.1) is 0 Å². The van der Waals surface area contributed by atoms with Crippen LogP contribution in [-0.4, -0.2) is 26.8 Å². The fraction of sp³-hybridized carbons (Fsp3) is 0.457. The Morgan fingerprint density at radius 1 is 0.525 bits per heavy atom.